The van der Waals surface area contributed by atoms with Gasteiger partial charge in [-0.25, -0.2) is 0 Å². The molecule has 1 N–H and O–H groups in total. The number of hydrogen-bond donors (Lipinski definition) is 1. The van der Waals surface area contributed by atoms with E-state index in [2.05, 4.69) is 25.2 Å². The first-order chi connectivity index (χ1) is 7.45. The maximum atomic E-state index is 9.03. The molecule has 86 valence electrons. The van der Waals surface area contributed by atoms with Crippen molar-refractivity contribution in [3.63, 3.8) is 0 Å². The zero-order valence-corrected chi connectivity index (χ0v) is 10.5. The molecule has 2 heteroatoms. The largest absolute Gasteiger partial charge is 0.385 e. The molecule has 0 bridgehead atoms. The molecule has 0 fully saturated rings. The minimum atomic E-state index is -0.406. The molecule has 0 radical (unpaired) electrons. The monoisotopic (exact) mass is 216 g/mol. The average Bonchev–Trinajstić information content (AvgIpc) is 2.27. The SMILES string of the molecule is CC(C)CNc1ccc(C(C)(C)C#N)cc1. The van der Waals surface area contributed by atoms with Crippen LogP contribution in [0.1, 0.15) is 33.3 Å². The molecule has 0 aliphatic carbocycles. The van der Waals surface area contributed by atoms with Crippen LogP contribution in [0.2, 0.25) is 0 Å². The molecule has 0 saturated carbocycles. The zero-order valence-electron chi connectivity index (χ0n) is 10.5. The van der Waals surface area contributed by atoms with E-state index < -0.39 is 5.41 Å². The van der Waals surface area contributed by atoms with Crippen molar-refractivity contribution in [2.45, 2.75) is 33.1 Å². The van der Waals surface area contributed by atoms with Crippen molar-refractivity contribution in [2.75, 3.05) is 11.9 Å². The van der Waals surface area contributed by atoms with E-state index in [0.717, 1.165) is 17.8 Å². The fraction of sp³-hybridized carbons (Fsp3) is 0.500. The minimum Gasteiger partial charge on any atom is -0.385 e. The van der Waals surface area contributed by atoms with Gasteiger partial charge < -0.3 is 5.32 Å². The maximum Gasteiger partial charge on any atom is 0.0766 e. The summed E-state index contributed by atoms with van der Waals surface area (Å²) >= 11 is 0. The fourth-order valence-electron chi connectivity index (χ4n) is 1.39. The van der Waals surface area contributed by atoms with Crippen molar-refractivity contribution in [3.8, 4) is 6.07 Å². The van der Waals surface area contributed by atoms with Gasteiger partial charge in [0.05, 0.1) is 11.5 Å². The summed E-state index contributed by atoms with van der Waals surface area (Å²) in [5.41, 5.74) is 1.77. The van der Waals surface area contributed by atoms with Crippen LogP contribution in [0.25, 0.3) is 0 Å². The molecular weight excluding hydrogens is 196 g/mol. The Kier molecular flexibility index (Phi) is 3.95. The summed E-state index contributed by atoms with van der Waals surface area (Å²) in [4.78, 5) is 0. The number of hydrogen-bond acceptors (Lipinski definition) is 2. The second-order valence-corrected chi connectivity index (χ2v) is 5.09. The van der Waals surface area contributed by atoms with Crippen LogP contribution in [0.3, 0.4) is 0 Å². The molecule has 0 saturated heterocycles. The second-order valence-electron chi connectivity index (χ2n) is 5.09. The van der Waals surface area contributed by atoms with Crippen molar-refractivity contribution >= 4 is 5.69 Å². The van der Waals surface area contributed by atoms with Gasteiger partial charge in [0.1, 0.15) is 0 Å². The maximum absolute atomic E-state index is 9.03. The highest BCUT2D eigenvalue weighted by molar-refractivity contribution is 5.46. The van der Waals surface area contributed by atoms with Gasteiger partial charge in [-0.1, -0.05) is 26.0 Å². The molecule has 0 aliphatic heterocycles. The molecule has 0 spiro atoms. The van der Waals surface area contributed by atoms with E-state index in [1.54, 1.807) is 0 Å². The van der Waals surface area contributed by atoms with E-state index in [1.807, 2.05) is 38.1 Å². The molecular formula is C14H20N2. The van der Waals surface area contributed by atoms with Crippen LogP contribution in [0.15, 0.2) is 24.3 Å². The first kappa shape index (κ1) is 12.6. The third-order valence-electron chi connectivity index (χ3n) is 2.60. The molecule has 0 atom stereocenters. The van der Waals surface area contributed by atoms with Gasteiger partial charge in [-0.2, -0.15) is 5.26 Å². The number of rotatable bonds is 4. The molecule has 0 heterocycles. The zero-order chi connectivity index (χ0) is 12.2. The van der Waals surface area contributed by atoms with Crippen LogP contribution in [0.5, 0.6) is 0 Å². The number of nitrogens with zero attached hydrogens (tertiary/aromatic N) is 1. The molecule has 0 aliphatic rings. The van der Waals surface area contributed by atoms with Gasteiger partial charge in [-0.15, -0.1) is 0 Å². The van der Waals surface area contributed by atoms with Gasteiger partial charge in [0.25, 0.3) is 0 Å². The quantitative estimate of drug-likeness (QED) is 0.835. The molecule has 2 nitrogen and oxygen atoms in total. The topological polar surface area (TPSA) is 35.8 Å². The number of benzene rings is 1. The van der Waals surface area contributed by atoms with Gasteiger partial charge in [0.2, 0.25) is 0 Å². The smallest absolute Gasteiger partial charge is 0.0766 e. The van der Waals surface area contributed by atoms with E-state index in [4.69, 9.17) is 5.26 Å². The van der Waals surface area contributed by atoms with E-state index in [9.17, 15) is 0 Å². The lowest BCUT2D eigenvalue weighted by atomic mass is 9.86. The number of nitriles is 1. The van der Waals surface area contributed by atoms with E-state index in [1.165, 1.54) is 0 Å². The van der Waals surface area contributed by atoms with Gasteiger partial charge >= 0.3 is 0 Å². The highest BCUT2D eigenvalue weighted by Crippen LogP contribution is 2.23. The average molecular weight is 216 g/mol. The summed E-state index contributed by atoms with van der Waals surface area (Å²) in [6.45, 7) is 9.20. The molecule has 0 unspecified atom stereocenters. The lowest BCUT2D eigenvalue weighted by molar-refractivity contribution is 0.683. The summed E-state index contributed by atoms with van der Waals surface area (Å²) in [7, 11) is 0. The Balaban J connectivity index is 2.73. The second kappa shape index (κ2) is 5.03. The Bertz CT molecular complexity index is 369. The van der Waals surface area contributed by atoms with E-state index in [-0.39, 0.29) is 0 Å². The van der Waals surface area contributed by atoms with Crippen LogP contribution in [-0.4, -0.2) is 6.54 Å². The van der Waals surface area contributed by atoms with E-state index >= 15 is 0 Å². The normalized spacial score (nSPS) is 11.2. The van der Waals surface area contributed by atoms with Crippen LogP contribution in [0.4, 0.5) is 5.69 Å². The van der Waals surface area contributed by atoms with Crippen molar-refractivity contribution in [3.05, 3.63) is 29.8 Å². The predicted molar refractivity (Wildman–Crippen MR) is 68.4 cm³/mol. The van der Waals surface area contributed by atoms with Crippen molar-refractivity contribution in [1.29, 1.82) is 5.26 Å². The Hall–Kier alpha value is -1.49. The molecule has 1 rings (SSSR count). The fourth-order valence-corrected chi connectivity index (χ4v) is 1.39. The Morgan fingerprint density at radius 1 is 1.25 bits per heavy atom. The summed E-state index contributed by atoms with van der Waals surface area (Å²) in [5.74, 6) is 0.634. The third kappa shape index (κ3) is 3.27. The summed E-state index contributed by atoms with van der Waals surface area (Å²) in [6, 6.07) is 10.4. The molecule has 1 aromatic carbocycles. The van der Waals surface area contributed by atoms with Gasteiger partial charge in [0, 0.05) is 12.2 Å². The third-order valence-corrected chi connectivity index (χ3v) is 2.60. The molecule has 1 aromatic rings. The lowest BCUT2D eigenvalue weighted by Gasteiger charge is -2.16. The molecule has 16 heavy (non-hydrogen) atoms. The van der Waals surface area contributed by atoms with Crippen LogP contribution in [0, 0.1) is 17.2 Å². The van der Waals surface area contributed by atoms with Crippen molar-refractivity contribution < 1.29 is 0 Å². The standard InChI is InChI=1S/C14H20N2/c1-11(2)9-16-13-7-5-12(6-8-13)14(3,4)10-15/h5-8,11,16H,9H2,1-4H3. The number of anilines is 1. The minimum absolute atomic E-state index is 0.406. The lowest BCUT2D eigenvalue weighted by Crippen LogP contribution is -2.14. The van der Waals surface area contributed by atoms with Crippen LogP contribution >= 0.6 is 0 Å². The Labute approximate surface area is 98.3 Å². The van der Waals surface area contributed by atoms with Crippen molar-refractivity contribution in [2.24, 2.45) is 5.92 Å². The molecule has 0 aromatic heterocycles. The number of nitrogens with one attached hydrogen (secondary N) is 1. The Morgan fingerprint density at radius 2 is 1.81 bits per heavy atom. The van der Waals surface area contributed by atoms with Crippen molar-refractivity contribution in [1.82, 2.24) is 0 Å². The summed E-state index contributed by atoms with van der Waals surface area (Å²) in [5, 5.41) is 12.4. The summed E-state index contributed by atoms with van der Waals surface area (Å²) < 4.78 is 0. The highest BCUT2D eigenvalue weighted by atomic mass is 14.9. The predicted octanol–water partition coefficient (Wildman–Crippen LogP) is 3.56. The highest BCUT2D eigenvalue weighted by Gasteiger charge is 2.18. The van der Waals surface area contributed by atoms with Gasteiger partial charge in [-0.05, 0) is 37.5 Å². The first-order valence-electron chi connectivity index (χ1n) is 5.71. The van der Waals surface area contributed by atoms with E-state index in [0.29, 0.717) is 5.92 Å². The first-order valence-corrected chi connectivity index (χ1v) is 5.71. The van der Waals surface area contributed by atoms with Gasteiger partial charge in [0.15, 0.2) is 0 Å². The van der Waals surface area contributed by atoms with Crippen LogP contribution < -0.4 is 5.32 Å². The Morgan fingerprint density at radius 3 is 2.25 bits per heavy atom. The van der Waals surface area contributed by atoms with Gasteiger partial charge in [-0.3, -0.25) is 0 Å². The molecule has 0 amide bonds. The van der Waals surface area contributed by atoms with Crippen LogP contribution in [-0.2, 0) is 5.41 Å². The summed E-state index contributed by atoms with van der Waals surface area (Å²) in [6.07, 6.45) is 0.